The summed E-state index contributed by atoms with van der Waals surface area (Å²) in [5, 5.41) is 8.39. The molecular weight excluding hydrogens is 376 g/mol. The first-order chi connectivity index (χ1) is 13.7. The average Bonchev–Trinajstić information content (AvgIpc) is 3.42. The summed E-state index contributed by atoms with van der Waals surface area (Å²) in [5.41, 5.74) is 1.50. The fraction of sp³-hybridized carbons (Fsp3) is 0. The van der Waals surface area contributed by atoms with Gasteiger partial charge in [0, 0.05) is 17.3 Å². The van der Waals surface area contributed by atoms with Crippen LogP contribution in [0.5, 0.6) is 5.75 Å². The molecule has 4 aromatic rings. The van der Waals surface area contributed by atoms with E-state index < -0.39 is 5.97 Å². The molecule has 0 spiro atoms. The highest BCUT2D eigenvalue weighted by molar-refractivity contribution is 7.12. The molecule has 6 nitrogen and oxygen atoms in total. The predicted molar refractivity (Wildman–Crippen MR) is 106 cm³/mol. The van der Waals surface area contributed by atoms with Crippen LogP contribution in [0.3, 0.4) is 0 Å². The van der Waals surface area contributed by atoms with Gasteiger partial charge in [-0.15, -0.1) is 11.3 Å². The Hall–Kier alpha value is -3.71. The number of esters is 1. The van der Waals surface area contributed by atoms with Crippen LogP contribution in [-0.2, 0) is 0 Å². The second kappa shape index (κ2) is 7.89. The second-order valence-corrected chi connectivity index (χ2v) is 6.74. The first-order valence-electron chi connectivity index (χ1n) is 8.38. The van der Waals surface area contributed by atoms with E-state index in [0.29, 0.717) is 22.1 Å². The smallest absolute Gasteiger partial charge is 0.365 e. The van der Waals surface area contributed by atoms with Gasteiger partial charge in [-0.05, 0) is 35.7 Å². The lowest BCUT2D eigenvalue weighted by atomic mass is 10.2. The molecule has 2 heterocycles. The van der Waals surface area contributed by atoms with E-state index >= 15 is 0 Å². The number of ether oxygens (including phenoxy) is 1. The van der Waals surface area contributed by atoms with Crippen molar-refractivity contribution in [2.45, 2.75) is 0 Å². The number of rotatable bonds is 5. The lowest BCUT2D eigenvalue weighted by molar-refractivity contribution is 0.0723. The van der Waals surface area contributed by atoms with Crippen LogP contribution in [0.25, 0.3) is 11.3 Å². The molecule has 0 aliphatic carbocycles. The number of nitrogens with one attached hydrogen (secondary N) is 1. The topological polar surface area (TPSA) is 81.4 Å². The Morgan fingerprint density at radius 2 is 1.75 bits per heavy atom. The maximum Gasteiger partial charge on any atom is 0.365 e. The zero-order chi connectivity index (χ0) is 19.3. The zero-order valence-corrected chi connectivity index (χ0v) is 15.3. The normalized spacial score (nSPS) is 10.4. The van der Waals surface area contributed by atoms with Gasteiger partial charge in [0.2, 0.25) is 0 Å². The van der Waals surface area contributed by atoms with Gasteiger partial charge in [-0.2, -0.15) is 0 Å². The van der Waals surface area contributed by atoms with E-state index in [1.807, 2.05) is 41.8 Å². The predicted octanol–water partition coefficient (Wildman–Crippen LogP) is 4.87. The summed E-state index contributed by atoms with van der Waals surface area (Å²) in [7, 11) is 0. The van der Waals surface area contributed by atoms with E-state index in [1.54, 1.807) is 30.3 Å². The number of thiophene rings is 1. The average molecular weight is 390 g/mol. The van der Waals surface area contributed by atoms with E-state index in [1.165, 1.54) is 17.4 Å². The first-order valence-corrected chi connectivity index (χ1v) is 9.26. The van der Waals surface area contributed by atoms with Gasteiger partial charge < -0.3 is 14.6 Å². The van der Waals surface area contributed by atoms with Crippen molar-refractivity contribution in [1.29, 1.82) is 0 Å². The van der Waals surface area contributed by atoms with Crippen molar-refractivity contribution in [2.75, 3.05) is 5.32 Å². The van der Waals surface area contributed by atoms with Crippen LogP contribution in [-0.4, -0.2) is 17.0 Å². The number of hydrogen-bond donors (Lipinski definition) is 1. The molecule has 0 atom stereocenters. The molecule has 4 rings (SSSR count). The molecule has 1 N–H and O–H groups in total. The SMILES string of the molecule is O=C(Oc1ccc(NC(=O)c2cccs2)cc1)c1cc(-c2ccccc2)on1. The lowest BCUT2D eigenvalue weighted by Crippen LogP contribution is -2.11. The molecular formula is C21H14N2O4S. The fourth-order valence-corrected chi connectivity index (χ4v) is 3.09. The molecule has 0 radical (unpaired) electrons. The highest BCUT2D eigenvalue weighted by Gasteiger charge is 2.16. The highest BCUT2D eigenvalue weighted by Crippen LogP contribution is 2.22. The van der Waals surface area contributed by atoms with Crippen LogP contribution in [0.2, 0.25) is 0 Å². The molecule has 2 aromatic heterocycles. The van der Waals surface area contributed by atoms with E-state index in [0.717, 1.165) is 5.56 Å². The molecule has 0 unspecified atom stereocenters. The Morgan fingerprint density at radius 1 is 0.964 bits per heavy atom. The van der Waals surface area contributed by atoms with Crippen LogP contribution >= 0.6 is 11.3 Å². The third-order valence-electron chi connectivity index (χ3n) is 3.85. The van der Waals surface area contributed by atoms with E-state index in [9.17, 15) is 9.59 Å². The summed E-state index contributed by atoms with van der Waals surface area (Å²) in [4.78, 5) is 24.9. The number of hydrogen-bond acceptors (Lipinski definition) is 6. The molecule has 0 saturated carbocycles. The Balaban J connectivity index is 1.40. The van der Waals surface area contributed by atoms with Gasteiger partial charge in [0.15, 0.2) is 11.5 Å². The number of amides is 1. The molecule has 0 aliphatic rings. The number of anilines is 1. The summed E-state index contributed by atoms with van der Waals surface area (Å²) in [5.74, 6) is 0.0136. The minimum absolute atomic E-state index is 0.0777. The van der Waals surface area contributed by atoms with Crippen LogP contribution < -0.4 is 10.1 Å². The lowest BCUT2D eigenvalue weighted by Gasteiger charge is -2.05. The Bertz CT molecular complexity index is 1090. The zero-order valence-electron chi connectivity index (χ0n) is 14.5. The molecule has 2 aromatic carbocycles. The van der Waals surface area contributed by atoms with Gasteiger partial charge >= 0.3 is 5.97 Å². The number of nitrogens with zero attached hydrogens (tertiary/aromatic N) is 1. The number of carbonyl (C=O) groups excluding carboxylic acids is 2. The van der Waals surface area contributed by atoms with Crippen LogP contribution in [0.1, 0.15) is 20.2 Å². The summed E-state index contributed by atoms with van der Waals surface area (Å²) in [6.45, 7) is 0. The van der Waals surface area contributed by atoms with Gasteiger partial charge in [-0.3, -0.25) is 4.79 Å². The van der Waals surface area contributed by atoms with Crippen LogP contribution in [0.4, 0.5) is 5.69 Å². The Morgan fingerprint density at radius 3 is 2.46 bits per heavy atom. The van der Waals surface area contributed by atoms with Crippen molar-refractivity contribution in [3.63, 3.8) is 0 Å². The molecule has 28 heavy (non-hydrogen) atoms. The third-order valence-corrected chi connectivity index (χ3v) is 4.71. The van der Waals surface area contributed by atoms with Crippen LogP contribution in [0.15, 0.2) is 82.7 Å². The van der Waals surface area contributed by atoms with Crippen molar-refractivity contribution in [3.05, 3.63) is 88.7 Å². The summed E-state index contributed by atoms with van der Waals surface area (Å²) in [6, 6.07) is 21.0. The molecule has 0 bridgehead atoms. The van der Waals surface area contributed by atoms with Gasteiger partial charge in [-0.25, -0.2) is 4.79 Å². The van der Waals surface area contributed by atoms with Crippen molar-refractivity contribution < 1.29 is 18.8 Å². The summed E-state index contributed by atoms with van der Waals surface area (Å²) < 4.78 is 10.5. The molecule has 0 fully saturated rings. The van der Waals surface area contributed by atoms with Gasteiger partial charge in [0.05, 0.1) is 4.88 Å². The minimum atomic E-state index is -0.624. The fourth-order valence-electron chi connectivity index (χ4n) is 2.48. The van der Waals surface area contributed by atoms with Crippen molar-refractivity contribution >= 4 is 28.9 Å². The van der Waals surface area contributed by atoms with E-state index in [4.69, 9.17) is 9.26 Å². The monoisotopic (exact) mass is 390 g/mol. The number of benzene rings is 2. The summed E-state index contributed by atoms with van der Waals surface area (Å²) >= 11 is 1.36. The maximum atomic E-state index is 12.3. The molecule has 1 amide bonds. The molecule has 7 heteroatoms. The maximum absolute atomic E-state index is 12.3. The largest absolute Gasteiger partial charge is 0.422 e. The van der Waals surface area contributed by atoms with E-state index in [-0.39, 0.29) is 11.6 Å². The third kappa shape index (κ3) is 3.99. The van der Waals surface area contributed by atoms with Gasteiger partial charge in [0.25, 0.3) is 5.91 Å². The molecule has 0 aliphatic heterocycles. The Labute approximate surface area is 164 Å². The van der Waals surface area contributed by atoms with Crippen molar-refractivity contribution in [3.8, 4) is 17.1 Å². The molecule has 138 valence electrons. The number of carbonyl (C=O) groups is 2. The highest BCUT2D eigenvalue weighted by atomic mass is 32.1. The first kappa shape index (κ1) is 17.7. The Kier molecular flexibility index (Phi) is 4.99. The van der Waals surface area contributed by atoms with Gasteiger partial charge in [-0.1, -0.05) is 41.6 Å². The van der Waals surface area contributed by atoms with E-state index in [2.05, 4.69) is 10.5 Å². The molecule has 0 saturated heterocycles. The number of aromatic nitrogens is 1. The van der Waals surface area contributed by atoms with Gasteiger partial charge in [0.1, 0.15) is 5.75 Å². The van der Waals surface area contributed by atoms with Crippen molar-refractivity contribution in [1.82, 2.24) is 5.16 Å². The van der Waals surface area contributed by atoms with Crippen molar-refractivity contribution in [2.24, 2.45) is 0 Å². The quantitative estimate of drug-likeness (QED) is 0.388. The van der Waals surface area contributed by atoms with Crippen LogP contribution in [0, 0.1) is 0 Å². The standard InChI is InChI=1S/C21H14N2O4S/c24-20(19-7-4-12-28-19)22-15-8-10-16(11-9-15)26-21(25)17-13-18(27-23-17)14-5-2-1-3-6-14/h1-13H,(H,22,24). The second-order valence-electron chi connectivity index (χ2n) is 5.79. The summed E-state index contributed by atoms with van der Waals surface area (Å²) in [6.07, 6.45) is 0. The minimum Gasteiger partial charge on any atom is -0.422 e.